The molecule has 0 amide bonds. The predicted molar refractivity (Wildman–Crippen MR) is 66.0 cm³/mol. The summed E-state index contributed by atoms with van der Waals surface area (Å²) in [5.74, 6) is -1.84. The number of carbonyl (C=O) groups excluding carboxylic acids is 1. The molecule has 0 atom stereocenters. The molecule has 2 rings (SSSR count). The normalized spacial score (nSPS) is 11.6. The monoisotopic (exact) mass is 267 g/mol. The molecular formula is C14H12F3NO. The summed E-state index contributed by atoms with van der Waals surface area (Å²) in [5.41, 5.74) is 1.61. The van der Waals surface area contributed by atoms with E-state index in [0.717, 1.165) is 5.56 Å². The third-order valence-electron chi connectivity index (χ3n) is 2.84. The Morgan fingerprint density at radius 1 is 1.21 bits per heavy atom. The number of rotatable bonds is 3. The summed E-state index contributed by atoms with van der Waals surface area (Å²) >= 11 is 0. The fourth-order valence-electron chi connectivity index (χ4n) is 1.91. The van der Waals surface area contributed by atoms with Gasteiger partial charge >= 0.3 is 6.18 Å². The first-order valence-electron chi connectivity index (χ1n) is 5.82. The Balaban J connectivity index is 2.47. The van der Waals surface area contributed by atoms with E-state index in [9.17, 15) is 18.0 Å². The van der Waals surface area contributed by atoms with Crippen molar-refractivity contribution in [2.24, 2.45) is 0 Å². The van der Waals surface area contributed by atoms with Crippen molar-refractivity contribution < 1.29 is 18.0 Å². The first-order chi connectivity index (χ1) is 8.93. The van der Waals surface area contributed by atoms with E-state index in [1.807, 2.05) is 13.0 Å². The van der Waals surface area contributed by atoms with Crippen molar-refractivity contribution in [3.63, 3.8) is 0 Å². The zero-order valence-electron chi connectivity index (χ0n) is 10.2. The first-order valence-corrected chi connectivity index (χ1v) is 5.82. The number of halogens is 3. The molecule has 0 saturated carbocycles. The summed E-state index contributed by atoms with van der Waals surface area (Å²) in [6.07, 6.45) is -4.31. The second-order valence-corrected chi connectivity index (χ2v) is 4.13. The van der Waals surface area contributed by atoms with E-state index in [1.54, 1.807) is 24.3 Å². The van der Waals surface area contributed by atoms with Gasteiger partial charge in [0.15, 0.2) is 0 Å². The van der Waals surface area contributed by atoms with Crippen LogP contribution in [0.1, 0.15) is 23.0 Å². The number of aromatic amines is 1. The maximum Gasteiger partial charge on any atom is 0.456 e. The van der Waals surface area contributed by atoms with E-state index < -0.39 is 17.7 Å². The topological polar surface area (TPSA) is 32.9 Å². The number of Topliss-reactive ketones (excluding diaryl/α,β-unsaturated/α-hetero) is 1. The SMILES string of the molecule is CCc1cc(C(=O)C(F)(F)F)[nH]c1-c1ccccc1. The highest BCUT2D eigenvalue weighted by Crippen LogP contribution is 2.28. The van der Waals surface area contributed by atoms with Gasteiger partial charge < -0.3 is 4.98 Å². The van der Waals surface area contributed by atoms with Crippen molar-refractivity contribution in [2.75, 3.05) is 0 Å². The van der Waals surface area contributed by atoms with Crippen LogP contribution in [0.15, 0.2) is 36.4 Å². The van der Waals surface area contributed by atoms with Crippen LogP contribution in [0.2, 0.25) is 0 Å². The van der Waals surface area contributed by atoms with Crippen LogP contribution in [0, 0.1) is 0 Å². The molecule has 1 N–H and O–H groups in total. The Kier molecular flexibility index (Phi) is 3.46. The molecule has 5 heteroatoms. The number of aryl methyl sites for hydroxylation is 1. The standard InChI is InChI=1S/C14H12F3NO/c1-2-9-8-11(13(19)14(15,16)17)18-12(9)10-6-4-3-5-7-10/h3-8,18H,2H2,1H3. The van der Waals surface area contributed by atoms with Crippen LogP contribution in [-0.4, -0.2) is 16.9 Å². The zero-order valence-corrected chi connectivity index (χ0v) is 10.2. The van der Waals surface area contributed by atoms with Gasteiger partial charge in [-0.2, -0.15) is 13.2 Å². The Labute approximate surface area is 108 Å². The van der Waals surface area contributed by atoms with E-state index >= 15 is 0 Å². The van der Waals surface area contributed by atoms with Gasteiger partial charge in [-0.1, -0.05) is 37.3 Å². The Morgan fingerprint density at radius 2 is 1.84 bits per heavy atom. The van der Waals surface area contributed by atoms with Crippen molar-refractivity contribution >= 4 is 5.78 Å². The maximum atomic E-state index is 12.4. The van der Waals surface area contributed by atoms with Gasteiger partial charge in [0.25, 0.3) is 5.78 Å². The summed E-state index contributed by atoms with van der Waals surface area (Å²) in [7, 11) is 0. The highest BCUT2D eigenvalue weighted by molar-refractivity contribution is 5.99. The summed E-state index contributed by atoms with van der Waals surface area (Å²) in [5, 5.41) is 0. The average molecular weight is 267 g/mol. The molecule has 0 saturated heterocycles. The van der Waals surface area contributed by atoms with Crippen LogP contribution in [-0.2, 0) is 6.42 Å². The Bertz CT molecular complexity index is 584. The van der Waals surface area contributed by atoms with Gasteiger partial charge in [0, 0.05) is 5.69 Å². The highest BCUT2D eigenvalue weighted by Gasteiger charge is 2.40. The maximum absolute atomic E-state index is 12.4. The van der Waals surface area contributed by atoms with Crippen LogP contribution in [0.25, 0.3) is 11.3 Å². The Morgan fingerprint density at radius 3 is 2.37 bits per heavy atom. The van der Waals surface area contributed by atoms with E-state index in [2.05, 4.69) is 4.98 Å². The number of hydrogen-bond donors (Lipinski definition) is 1. The molecule has 0 spiro atoms. The van der Waals surface area contributed by atoms with E-state index in [0.29, 0.717) is 17.7 Å². The average Bonchev–Trinajstić information content (AvgIpc) is 2.81. The molecule has 0 bridgehead atoms. The second kappa shape index (κ2) is 4.91. The molecule has 100 valence electrons. The van der Waals surface area contributed by atoms with Gasteiger partial charge in [-0.3, -0.25) is 4.79 Å². The third kappa shape index (κ3) is 2.70. The van der Waals surface area contributed by atoms with Crippen LogP contribution < -0.4 is 0 Å². The van der Waals surface area contributed by atoms with Crippen LogP contribution >= 0.6 is 0 Å². The molecular weight excluding hydrogens is 255 g/mol. The van der Waals surface area contributed by atoms with Gasteiger partial charge in [0.1, 0.15) is 0 Å². The lowest BCUT2D eigenvalue weighted by Gasteiger charge is -2.03. The lowest BCUT2D eigenvalue weighted by Crippen LogP contribution is -2.22. The van der Waals surface area contributed by atoms with Gasteiger partial charge in [-0.25, -0.2) is 0 Å². The smallest absolute Gasteiger partial charge is 0.352 e. The molecule has 0 aliphatic heterocycles. The van der Waals surface area contributed by atoms with Crippen LogP contribution in [0.5, 0.6) is 0 Å². The van der Waals surface area contributed by atoms with Gasteiger partial charge in [-0.05, 0) is 23.6 Å². The van der Waals surface area contributed by atoms with Crippen molar-refractivity contribution in [2.45, 2.75) is 19.5 Å². The van der Waals surface area contributed by atoms with E-state index in [4.69, 9.17) is 0 Å². The van der Waals surface area contributed by atoms with Crippen LogP contribution in [0.3, 0.4) is 0 Å². The number of benzene rings is 1. The first kappa shape index (κ1) is 13.4. The highest BCUT2D eigenvalue weighted by atomic mass is 19.4. The summed E-state index contributed by atoms with van der Waals surface area (Å²) in [6, 6.07) is 10.2. The van der Waals surface area contributed by atoms with E-state index in [1.165, 1.54) is 6.07 Å². The number of alkyl halides is 3. The number of hydrogen-bond acceptors (Lipinski definition) is 1. The summed E-state index contributed by atoms with van der Waals surface area (Å²) in [6.45, 7) is 1.83. The molecule has 0 aliphatic rings. The molecule has 1 heterocycles. The lowest BCUT2D eigenvalue weighted by atomic mass is 10.1. The molecule has 0 fully saturated rings. The third-order valence-corrected chi connectivity index (χ3v) is 2.84. The summed E-state index contributed by atoms with van der Waals surface area (Å²) in [4.78, 5) is 13.8. The molecule has 2 nitrogen and oxygen atoms in total. The Hall–Kier alpha value is -2.04. The molecule has 1 aromatic heterocycles. The van der Waals surface area contributed by atoms with Crippen molar-refractivity contribution in [1.29, 1.82) is 0 Å². The second-order valence-electron chi connectivity index (χ2n) is 4.13. The molecule has 2 aromatic rings. The fourth-order valence-corrected chi connectivity index (χ4v) is 1.91. The van der Waals surface area contributed by atoms with Crippen molar-refractivity contribution in [1.82, 2.24) is 4.98 Å². The number of nitrogens with one attached hydrogen (secondary N) is 1. The fraction of sp³-hybridized carbons (Fsp3) is 0.214. The summed E-state index contributed by atoms with van der Waals surface area (Å²) < 4.78 is 37.2. The van der Waals surface area contributed by atoms with Crippen molar-refractivity contribution in [3.05, 3.63) is 47.7 Å². The molecule has 0 aliphatic carbocycles. The minimum Gasteiger partial charge on any atom is -0.352 e. The molecule has 0 unspecified atom stereocenters. The predicted octanol–water partition coefficient (Wildman–Crippen LogP) is 3.99. The minimum absolute atomic E-state index is 0.414. The lowest BCUT2D eigenvalue weighted by molar-refractivity contribution is -0.0887. The molecule has 0 radical (unpaired) electrons. The quantitative estimate of drug-likeness (QED) is 0.838. The zero-order chi connectivity index (χ0) is 14.0. The molecule has 19 heavy (non-hydrogen) atoms. The minimum atomic E-state index is -4.86. The largest absolute Gasteiger partial charge is 0.456 e. The number of aromatic nitrogens is 1. The van der Waals surface area contributed by atoms with Gasteiger partial charge in [0.05, 0.1) is 5.69 Å². The van der Waals surface area contributed by atoms with Gasteiger partial charge in [-0.15, -0.1) is 0 Å². The molecule has 1 aromatic carbocycles. The number of carbonyl (C=O) groups is 1. The van der Waals surface area contributed by atoms with E-state index in [-0.39, 0.29) is 0 Å². The van der Waals surface area contributed by atoms with Gasteiger partial charge in [0.2, 0.25) is 0 Å². The number of H-pyrrole nitrogens is 1. The van der Waals surface area contributed by atoms with Crippen LogP contribution in [0.4, 0.5) is 13.2 Å². The van der Waals surface area contributed by atoms with Crippen molar-refractivity contribution in [3.8, 4) is 11.3 Å². The number of ketones is 1.